The largest absolute Gasteiger partial charge is 0.439 e. The quantitative estimate of drug-likeness (QED) is 0.527. The number of nitrogens with one attached hydrogen (secondary N) is 1. The highest BCUT2D eigenvalue weighted by atomic mass is 32.2. The topological polar surface area (TPSA) is 72.2 Å². The summed E-state index contributed by atoms with van der Waals surface area (Å²) in [6.07, 6.45) is 1.59. The van der Waals surface area contributed by atoms with Crippen LogP contribution in [0, 0.1) is 0 Å². The summed E-state index contributed by atoms with van der Waals surface area (Å²) < 4.78 is 33.3. The average molecular weight is 390 g/mol. The van der Waals surface area contributed by atoms with Crippen molar-refractivity contribution in [3.63, 3.8) is 0 Å². The summed E-state index contributed by atoms with van der Waals surface area (Å²) in [7, 11) is -3.66. The molecule has 0 radical (unpaired) electrons. The van der Waals surface area contributed by atoms with Crippen LogP contribution in [0.4, 0.5) is 0 Å². The molecule has 4 rings (SSSR count). The van der Waals surface area contributed by atoms with Gasteiger partial charge in [0.25, 0.3) is 0 Å². The van der Waals surface area contributed by atoms with Crippen molar-refractivity contribution < 1.29 is 12.8 Å². The third-order valence-corrected chi connectivity index (χ3v) is 5.71. The minimum atomic E-state index is -3.66. The number of nitrogens with zero attached hydrogens (tertiary/aromatic N) is 1. The lowest BCUT2D eigenvalue weighted by Crippen LogP contribution is -2.23. The minimum absolute atomic E-state index is 0.0183. The lowest BCUT2D eigenvalue weighted by atomic mass is 10.1. The van der Waals surface area contributed by atoms with Crippen molar-refractivity contribution in [1.82, 2.24) is 9.71 Å². The second-order valence-electron chi connectivity index (χ2n) is 6.20. The summed E-state index contributed by atoms with van der Waals surface area (Å²) in [4.78, 5) is 4.35. The van der Waals surface area contributed by atoms with Gasteiger partial charge in [-0.2, -0.15) is 0 Å². The van der Waals surface area contributed by atoms with Gasteiger partial charge >= 0.3 is 0 Å². The van der Waals surface area contributed by atoms with Gasteiger partial charge < -0.3 is 4.42 Å². The third kappa shape index (κ3) is 4.03. The molecule has 0 aliphatic carbocycles. The van der Waals surface area contributed by atoms with Gasteiger partial charge in [0.05, 0.1) is 17.6 Å². The Bertz CT molecular complexity index is 1150. The van der Waals surface area contributed by atoms with Gasteiger partial charge in [-0.1, -0.05) is 72.8 Å². The molecule has 1 N–H and O–H groups in total. The molecule has 0 aliphatic heterocycles. The molecular formula is C22H18N2O3S. The number of sulfonamides is 1. The van der Waals surface area contributed by atoms with E-state index in [1.807, 2.05) is 60.7 Å². The highest BCUT2D eigenvalue weighted by molar-refractivity contribution is 7.89. The average Bonchev–Trinajstić information content (AvgIpc) is 3.23. The molecule has 0 spiro atoms. The Labute approximate surface area is 163 Å². The van der Waals surface area contributed by atoms with Crippen molar-refractivity contribution in [1.29, 1.82) is 0 Å². The van der Waals surface area contributed by atoms with Crippen molar-refractivity contribution >= 4 is 10.0 Å². The van der Waals surface area contributed by atoms with Gasteiger partial charge in [-0.3, -0.25) is 0 Å². The van der Waals surface area contributed by atoms with Gasteiger partial charge in [-0.15, -0.1) is 0 Å². The lowest BCUT2D eigenvalue weighted by Gasteiger charge is -2.07. The molecule has 0 bridgehead atoms. The van der Waals surface area contributed by atoms with Crippen LogP contribution in [0.1, 0.15) is 5.89 Å². The fourth-order valence-corrected chi connectivity index (χ4v) is 3.80. The molecule has 0 atom stereocenters. The maximum atomic E-state index is 12.5. The van der Waals surface area contributed by atoms with E-state index in [-0.39, 0.29) is 11.4 Å². The van der Waals surface area contributed by atoms with Crippen LogP contribution in [0.5, 0.6) is 0 Å². The Balaban J connectivity index is 1.45. The summed E-state index contributed by atoms with van der Waals surface area (Å²) in [5.74, 6) is 0.908. The second-order valence-corrected chi connectivity index (χ2v) is 7.97. The van der Waals surface area contributed by atoms with E-state index in [0.717, 1.165) is 16.7 Å². The number of hydrogen-bond acceptors (Lipinski definition) is 4. The van der Waals surface area contributed by atoms with Crippen LogP contribution in [0.15, 0.2) is 100 Å². The van der Waals surface area contributed by atoms with Gasteiger partial charge in [0.15, 0.2) is 5.76 Å². The summed E-state index contributed by atoms with van der Waals surface area (Å²) in [5, 5.41) is 0. The van der Waals surface area contributed by atoms with Crippen LogP contribution in [0.2, 0.25) is 0 Å². The zero-order valence-electron chi connectivity index (χ0n) is 14.9. The molecule has 0 saturated carbocycles. The first-order valence-corrected chi connectivity index (χ1v) is 10.3. The zero-order valence-corrected chi connectivity index (χ0v) is 15.8. The number of oxazole rings is 1. The predicted octanol–water partition coefficient (Wildman–Crippen LogP) is 4.49. The second kappa shape index (κ2) is 7.80. The first-order valence-electron chi connectivity index (χ1n) is 8.77. The normalized spacial score (nSPS) is 11.4. The monoisotopic (exact) mass is 390 g/mol. The molecule has 1 aromatic heterocycles. The van der Waals surface area contributed by atoms with Gasteiger partial charge in [-0.05, 0) is 23.3 Å². The molecule has 0 amide bonds. The van der Waals surface area contributed by atoms with Crippen molar-refractivity contribution in [2.24, 2.45) is 0 Å². The summed E-state index contributed by atoms with van der Waals surface area (Å²) in [5.41, 5.74) is 2.88. The van der Waals surface area contributed by atoms with Crippen LogP contribution in [-0.4, -0.2) is 13.4 Å². The number of rotatable bonds is 6. The molecule has 3 aromatic carbocycles. The minimum Gasteiger partial charge on any atom is -0.439 e. The predicted molar refractivity (Wildman–Crippen MR) is 108 cm³/mol. The third-order valence-electron chi connectivity index (χ3n) is 4.30. The fourth-order valence-electron chi connectivity index (χ4n) is 2.83. The van der Waals surface area contributed by atoms with Crippen molar-refractivity contribution in [3.8, 4) is 22.5 Å². The van der Waals surface area contributed by atoms with E-state index in [0.29, 0.717) is 11.7 Å². The van der Waals surface area contributed by atoms with Gasteiger partial charge in [-0.25, -0.2) is 18.1 Å². The molecule has 28 heavy (non-hydrogen) atoms. The Kier molecular flexibility index (Phi) is 5.06. The number of aromatic nitrogens is 1. The van der Waals surface area contributed by atoms with Gasteiger partial charge in [0.2, 0.25) is 15.9 Å². The molecule has 140 valence electrons. The van der Waals surface area contributed by atoms with Crippen molar-refractivity contribution in [2.45, 2.75) is 11.4 Å². The maximum absolute atomic E-state index is 12.5. The first kappa shape index (κ1) is 18.2. The Hall–Kier alpha value is -3.22. The van der Waals surface area contributed by atoms with E-state index in [4.69, 9.17) is 4.42 Å². The summed E-state index contributed by atoms with van der Waals surface area (Å²) in [6.45, 7) is -0.0183. The molecule has 0 fully saturated rings. The van der Waals surface area contributed by atoms with Gasteiger partial charge in [0, 0.05) is 5.56 Å². The molecule has 5 nitrogen and oxygen atoms in total. The van der Waals surface area contributed by atoms with Crippen LogP contribution in [-0.2, 0) is 16.6 Å². The Morgan fingerprint density at radius 3 is 1.96 bits per heavy atom. The summed E-state index contributed by atoms with van der Waals surface area (Å²) >= 11 is 0. The molecule has 6 heteroatoms. The van der Waals surface area contributed by atoms with E-state index in [1.54, 1.807) is 30.5 Å². The first-order chi connectivity index (χ1) is 13.6. The molecule has 0 saturated heterocycles. The van der Waals surface area contributed by atoms with E-state index in [1.165, 1.54) is 0 Å². The van der Waals surface area contributed by atoms with Crippen LogP contribution in [0.25, 0.3) is 22.5 Å². The SMILES string of the molecule is O=S(=O)(NCc1ncc(-c2ccccc2)o1)c1ccc(-c2ccccc2)cc1. The Morgan fingerprint density at radius 1 is 0.750 bits per heavy atom. The molecule has 4 aromatic rings. The van der Waals surface area contributed by atoms with Crippen LogP contribution < -0.4 is 4.72 Å². The van der Waals surface area contributed by atoms with Crippen LogP contribution >= 0.6 is 0 Å². The maximum Gasteiger partial charge on any atom is 0.241 e. The zero-order chi connectivity index (χ0) is 19.4. The van der Waals surface area contributed by atoms with E-state index >= 15 is 0 Å². The molecule has 0 unspecified atom stereocenters. The highest BCUT2D eigenvalue weighted by Gasteiger charge is 2.15. The lowest BCUT2D eigenvalue weighted by molar-refractivity contribution is 0.494. The van der Waals surface area contributed by atoms with Crippen LogP contribution in [0.3, 0.4) is 0 Å². The highest BCUT2D eigenvalue weighted by Crippen LogP contribution is 2.22. The number of hydrogen-bond donors (Lipinski definition) is 1. The standard InChI is InChI=1S/C22H18N2O3S/c25-28(26,20-13-11-18(12-14-20)17-7-3-1-4-8-17)24-16-22-23-15-21(27-22)19-9-5-2-6-10-19/h1-15,24H,16H2. The van der Waals surface area contributed by atoms with Crippen molar-refractivity contribution in [3.05, 3.63) is 97.0 Å². The fraction of sp³-hybridized carbons (Fsp3) is 0.0455. The summed E-state index contributed by atoms with van der Waals surface area (Å²) in [6, 6.07) is 26.1. The number of benzene rings is 3. The van der Waals surface area contributed by atoms with E-state index < -0.39 is 10.0 Å². The van der Waals surface area contributed by atoms with E-state index in [9.17, 15) is 8.42 Å². The Morgan fingerprint density at radius 2 is 1.32 bits per heavy atom. The van der Waals surface area contributed by atoms with Crippen molar-refractivity contribution in [2.75, 3.05) is 0 Å². The van der Waals surface area contributed by atoms with E-state index in [2.05, 4.69) is 9.71 Å². The molecular weight excluding hydrogens is 372 g/mol. The smallest absolute Gasteiger partial charge is 0.241 e. The molecule has 0 aliphatic rings. The van der Waals surface area contributed by atoms with Gasteiger partial charge in [0.1, 0.15) is 0 Å². The molecule has 1 heterocycles.